The van der Waals surface area contributed by atoms with E-state index in [9.17, 15) is 4.79 Å². The number of hydrogen-bond acceptors (Lipinski definition) is 3. The SMILES string of the molecule is Cn1ccc(C=O)n1.c1ccc2ncccc2c1. The van der Waals surface area contributed by atoms with E-state index < -0.39 is 0 Å². The summed E-state index contributed by atoms with van der Waals surface area (Å²) in [5.74, 6) is 0. The van der Waals surface area contributed by atoms with Gasteiger partial charge in [-0.25, -0.2) is 0 Å². The van der Waals surface area contributed by atoms with E-state index in [1.807, 2.05) is 30.5 Å². The molecule has 3 aromatic rings. The third kappa shape index (κ3) is 3.01. The predicted molar refractivity (Wildman–Crippen MR) is 70.3 cm³/mol. The third-order valence-electron chi connectivity index (χ3n) is 2.37. The monoisotopic (exact) mass is 239 g/mol. The topological polar surface area (TPSA) is 47.8 Å². The maximum absolute atomic E-state index is 9.94. The number of fused-ring (bicyclic) bond motifs is 1. The quantitative estimate of drug-likeness (QED) is 0.613. The van der Waals surface area contributed by atoms with Crippen LogP contribution in [0.15, 0.2) is 54.9 Å². The summed E-state index contributed by atoms with van der Waals surface area (Å²) in [7, 11) is 1.77. The van der Waals surface area contributed by atoms with E-state index in [1.165, 1.54) is 5.39 Å². The van der Waals surface area contributed by atoms with Crippen LogP contribution in [0.1, 0.15) is 10.5 Å². The van der Waals surface area contributed by atoms with E-state index in [4.69, 9.17) is 0 Å². The zero-order chi connectivity index (χ0) is 12.8. The van der Waals surface area contributed by atoms with Gasteiger partial charge in [-0.1, -0.05) is 24.3 Å². The maximum Gasteiger partial charge on any atom is 0.170 e. The lowest BCUT2D eigenvalue weighted by atomic mass is 10.2. The minimum absolute atomic E-state index is 0.479. The third-order valence-corrected chi connectivity index (χ3v) is 2.37. The molecular weight excluding hydrogens is 226 g/mol. The number of hydrogen-bond donors (Lipinski definition) is 0. The van der Waals surface area contributed by atoms with Gasteiger partial charge in [-0.2, -0.15) is 5.10 Å². The van der Waals surface area contributed by atoms with Gasteiger partial charge >= 0.3 is 0 Å². The van der Waals surface area contributed by atoms with Gasteiger partial charge in [0.2, 0.25) is 0 Å². The molecule has 0 saturated heterocycles. The van der Waals surface area contributed by atoms with Crippen molar-refractivity contribution in [1.29, 1.82) is 0 Å². The van der Waals surface area contributed by atoms with Crippen LogP contribution in [0.25, 0.3) is 10.9 Å². The van der Waals surface area contributed by atoms with E-state index in [0.717, 1.165) is 11.8 Å². The number of carbonyl (C=O) groups excluding carboxylic acids is 1. The molecular formula is C14H13N3O. The van der Waals surface area contributed by atoms with Crippen LogP contribution in [0.2, 0.25) is 0 Å². The van der Waals surface area contributed by atoms with Gasteiger partial charge in [0.05, 0.1) is 5.52 Å². The number of carbonyl (C=O) groups is 1. The van der Waals surface area contributed by atoms with Gasteiger partial charge in [-0.15, -0.1) is 0 Å². The van der Waals surface area contributed by atoms with Crippen LogP contribution in [0, 0.1) is 0 Å². The molecule has 0 saturated carbocycles. The first-order valence-electron chi connectivity index (χ1n) is 5.54. The summed E-state index contributed by atoms with van der Waals surface area (Å²) >= 11 is 0. The molecule has 90 valence electrons. The molecule has 0 radical (unpaired) electrons. The van der Waals surface area contributed by atoms with Crippen LogP contribution >= 0.6 is 0 Å². The summed E-state index contributed by atoms with van der Waals surface area (Å²) in [6, 6.07) is 13.7. The molecule has 4 nitrogen and oxygen atoms in total. The first-order valence-corrected chi connectivity index (χ1v) is 5.54. The predicted octanol–water partition coefficient (Wildman–Crippen LogP) is 2.47. The Morgan fingerprint density at radius 2 is 1.89 bits per heavy atom. The molecule has 0 bridgehead atoms. The summed E-state index contributed by atoms with van der Waals surface area (Å²) in [6.07, 6.45) is 4.26. The van der Waals surface area contributed by atoms with Crippen LogP contribution in [-0.2, 0) is 7.05 Å². The second-order valence-corrected chi connectivity index (χ2v) is 3.73. The van der Waals surface area contributed by atoms with Gasteiger partial charge in [-0.05, 0) is 18.2 Å². The zero-order valence-corrected chi connectivity index (χ0v) is 10.0. The van der Waals surface area contributed by atoms with Crippen molar-refractivity contribution in [2.45, 2.75) is 0 Å². The number of nitrogens with zero attached hydrogens (tertiary/aromatic N) is 3. The smallest absolute Gasteiger partial charge is 0.170 e. The molecule has 0 aliphatic heterocycles. The maximum atomic E-state index is 9.94. The largest absolute Gasteiger partial charge is 0.296 e. The van der Waals surface area contributed by atoms with Crippen molar-refractivity contribution in [3.8, 4) is 0 Å². The van der Waals surface area contributed by atoms with Crippen LogP contribution < -0.4 is 0 Å². The first kappa shape index (κ1) is 12.0. The molecule has 2 aromatic heterocycles. The Kier molecular flexibility index (Phi) is 3.81. The van der Waals surface area contributed by atoms with E-state index in [1.54, 1.807) is 24.0 Å². The highest BCUT2D eigenvalue weighted by Gasteiger charge is 1.89. The molecule has 0 amide bonds. The molecule has 0 N–H and O–H groups in total. The number of aryl methyl sites for hydroxylation is 1. The molecule has 4 heteroatoms. The molecule has 2 heterocycles. The fourth-order valence-electron chi connectivity index (χ4n) is 1.51. The van der Waals surface area contributed by atoms with E-state index in [-0.39, 0.29) is 0 Å². The van der Waals surface area contributed by atoms with Gasteiger partial charge in [0.15, 0.2) is 6.29 Å². The fraction of sp³-hybridized carbons (Fsp3) is 0.0714. The lowest BCUT2D eigenvalue weighted by Crippen LogP contribution is -1.88. The number of benzene rings is 1. The minimum atomic E-state index is 0.479. The number of aromatic nitrogens is 3. The van der Waals surface area contributed by atoms with Crippen molar-refractivity contribution in [3.05, 3.63) is 60.6 Å². The number of aldehydes is 1. The lowest BCUT2D eigenvalue weighted by molar-refractivity contribution is 0.111. The Morgan fingerprint density at radius 1 is 1.11 bits per heavy atom. The van der Waals surface area contributed by atoms with E-state index >= 15 is 0 Å². The Bertz CT molecular complexity index is 581. The van der Waals surface area contributed by atoms with E-state index in [0.29, 0.717) is 5.69 Å². The second kappa shape index (κ2) is 5.72. The fourth-order valence-corrected chi connectivity index (χ4v) is 1.51. The highest BCUT2D eigenvalue weighted by molar-refractivity contribution is 5.77. The summed E-state index contributed by atoms with van der Waals surface area (Å²) in [5.41, 5.74) is 1.54. The summed E-state index contributed by atoms with van der Waals surface area (Å²) < 4.78 is 1.59. The van der Waals surface area contributed by atoms with Crippen LogP contribution in [-0.4, -0.2) is 21.1 Å². The Hall–Kier alpha value is -2.49. The highest BCUT2D eigenvalue weighted by Crippen LogP contribution is 2.07. The molecule has 0 unspecified atom stereocenters. The number of pyridine rings is 1. The average molecular weight is 239 g/mol. The van der Waals surface area contributed by atoms with Crippen LogP contribution in [0.5, 0.6) is 0 Å². The molecule has 18 heavy (non-hydrogen) atoms. The molecule has 0 aliphatic carbocycles. The highest BCUT2D eigenvalue weighted by atomic mass is 16.1. The summed E-state index contributed by atoms with van der Waals surface area (Å²) in [6.45, 7) is 0. The first-order chi connectivity index (χ1) is 8.79. The summed E-state index contributed by atoms with van der Waals surface area (Å²) in [4.78, 5) is 14.1. The lowest BCUT2D eigenvalue weighted by Gasteiger charge is -1.91. The van der Waals surface area contributed by atoms with Crippen LogP contribution in [0.4, 0.5) is 0 Å². The molecule has 0 fully saturated rings. The molecule has 0 spiro atoms. The Balaban J connectivity index is 0.000000138. The van der Waals surface area contributed by atoms with Crippen molar-refractivity contribution < 1.29 is 4.79 Å². The minimum Gasteiger partial charge on any atom is -0.296 e. The molecule has 0 aliphatic rings. The number of rotatable bonds is 1. The van der Waals surface area contributed by atoms with Gasteiger partial charge < -0.3 is 0 Å². The normalized spacial score (nSPS) is 9.61. The molecule has 3 rings (SSSR count). The average Bonchev–Trinajstić information content (AvgIpc) is 2.86. The standard InChI is InChI=1S/C9H7N.C5H6N2O/c1-2-6-9-8(4-1)5-3-7-10-9;1-7-3-2-5(4-8)6-7/h1-7H;2-4H,1H3. The van der Waals surface area contributed by atoms with Gasteiger partial charge in [0, 0.05) is 24.8 Å². The zero-order valence-electron chi connectivity index (χ0n) is 10.0. The van der Waals surface area contributed by atoms with Crippen molar-refractivity contribution in [1.82, 2.24) is 14.8 Å². The van der Waals surface area contributed by atoms with Gasteiger partial charge in [0.1, 0.15) is 5.69 Å². The number of para-hydroxylation sites is 1. The van der Waals surface area contributed by atoms with Crippen molar-refractivity contribution in [2.75, 3.05) is 0 Å². The van der Waals surface area contributed by atoms with Crippen molar-refractivity contribution in [2.24, 2.45) is 7.05 Å². The van der Waals surface area contributed by atoms with Gasteiger partial charge in [-0.3, -0.25) is 14.5 Å². The second-order valence-electron chi connectivity index (χ2n) is 3.73. The summed E-state index contributed by atoms with van der Waals surface area (Å²) in [5, 5.41) is 4.98. The molecule has 1 aromatic carbocycles. The Labute approximate surface area is 105 Å². The van der Waals surface area contributed by atoms with Crippen molar-refractivity contribution >= 4 is 17.2 Å². The molecule has 0 atom stereocenters. The Morgan fingerprint density at radius 3 is 2.50 bits per heavy atom. The van der Waals surface area contributed by atoms with Crippen LogP contribution in [0.3, 0.4) is 0 Å². The van der Waals surface area contributed by atoms with Crippen molar-refractivity contribution in [3.63, 3.8) is 0 Å². The van der Waals surface area contributed by atoms with E-state index in [2.05, 4.69) is 22.2 Å². The van der Waals surface area contributed by atoms with Gasteiger partial charge in [0.25, 0.3) is 0 Å².